The number of hydrogen-bond acceptors (Lipinski definition) is 4. The van der Waals surface area contributed by atoms with E-state index in [0.717, 1.165) is 5.56 Å². The predicted octanol–water partition coefficient (Wildman–Crippen LogP) is 1.73. The molecule has 0 bridgehead atoms. The number of ether oxygens (including phenoxy) is 1. The topological polar surface area (TPSA) is 71.5 Å². The highest BCUT2D eigenvalue weighted by Crippen LogP contribution is 2.29. The van der Waals surface area contributed by atoms with Crippen LogP contribution in [0.1, 0.15) is 15.9 Å². The standard InChI is InChI=1S/C14H14N2O3/c1-19-12-6-2-5-11(13(12)17)14(18)16-9-10-4-3-7-15-8-10/h2-8,17H,9H2,1H3,(H,16,18). The minimum absolute atomic E-state index is 0.159. The zero-order valence-corrected chi connectivity index (χ0v) is 10.5. The Morgan fingerprint density at radius 2 is 2.21 bits per heavy atom. The van der Waals surface area contributed by atoms with Crippen molar-refractivity contribution in [1.82, 2.24) is 10.3 Å². The van der Waals surface area contributed by atoms with Gasteiger partial charge in [-0.15, -0.1) is 0 Å². The molecule has 19 heavy (non-hydrogen) atoms. The number of pyridine rings is 1. The van der Waals surface area contributed by atoms with Gasteiger partial charge in [0.05, 0.1) is 12.7 Å². The van der Waals surface area contributed by atoms with Crippen LogP contribution in [0.4, 0.5) is 0 Å². The normalized spacial score (nSPS) is 9.95. The van der Waals surface area contributed by atoms with E-state index < -0.39 is 0 Å². The number of aromatic hydroxyl groups is 1. The summed E-state index contributed by atoms with van der Waals surface area (Å²) in [7, 11) is 1.44. The van der Waals surface area contributed by atoms with E-state index in [-0.39, 0.29) is 23.0 Å². The molecule has 0 saturated heterocycles. The van der Waals surface area contributed by atoms with Crippen molar-refractivity contribution in [3.63, 3.8) is 0 Å². The lowest BCUT2D eigenvalue weighted by atomic mass is 10.1. The smallest absolute Gasteiger partial charge is 0.255 e. The molecule has 1 aromatic carbocycles. The number of rotatable bonds is 4. The molecule has 2 N–H and O–H groups in total. The van der Waals surface area contributed by atoms with Gasteiger partial charge in [0.2, 0.25) is 0 Å². The van der Waals surface area contributed by atoms with Crippen LogP contribution < -0.4 is 10.1 Å². The Morgan fingerprint density at radius 3 is 2.89 bits per heavy atom. The number of phenols is 1. The van der Waals surface area contributed by atoms with Crippen molar-refractivity contribution in [2.45, 2.75) is 6.54 Å². The van der Waals surface area contributed by atoms with Crippen LogP contribution in [-0.2, 0) is 6.54 Å². The molecule has 0 aliphatic carbocycles. The quantitative estimate of drug-likeness (QED) is 0.876. The van der Waals surface area contributed by atoms with Gasteiger partial charge in [0.15, 0.2) is 11.5 Å². The molecule has 1 heterocycles. The molecule has 0 fully saturated rings. The number of carbonyl (C=O) groups excluding carboxylic acids is 1. The van der Waals surface area contributed by atoms with Gasteiger partial charge >= 0.3 is 0 Å². The average Bonchev–Trinajstić information content (AvgIpc) is 2.46. The van der Waals surface area contributed by atoms with E-state index in [1.54, 1.807) is 30.6 Å². The van der Waals surface area contributed by atoms with Crippen LogP contribution in [0.5, 0.6) is 11.5 Å². The molecule has 0 aliphatic rings. The summed E-state index contributed by atoms with van der Waals surface area (Å²) in [6.07, 6.45) is 3.34. The molecular weight excluding hydrogens is 244 g/mol. The van der Waals surface area contributed by atoms with Crippen molar-refractivity contribution in [3.8, 4) is 11.5 Å². The maximum Gasteiger partial charge on any atom is 0.255 e. The summed E-state index contributed by atoms with van der Waals surface area (Å²) in [6.45, 7) is 0.351. The molecule has 1 aromatic heterocycles. The number of benzene rings is 1. The van der Waals surface area contributed by atoms with Crippen LogP contribution >= 0.6 is 0 Å². The Labute approximate surface area is 110 Å². The van der Waals surface area contributed by atoms with Crippen LogP contribution in [0.3, 0.4) is 0 Å². The second kappa shape index (κ2) is 5.86. The Hall–Kier alpha value is -2.56. The molecule has 0 saturated carbocycles. The largest absolute Gasteiger partial charge is 0.504 e. The Bertz CT molecular complexity index is 570. The van der Waals surface area contributed by atoms with Gasteiger partial charge in [-0.3, -0.25) is 9.78 Å². The van der Waals surface area contributed by atoms with Crippen molar-refractivity contribution in [2.75, 3.05) is 7.11 Å². The van der Waals surface area contributed by atoms with E-state index in [1.807, 2.05) is 6.07 Å². The van der Waals surface area contributed by atoms with Crippen molar-refractivity contribution in [1.29, 1.82) is 0 Å². The molecule has 0 unspecified atom stereocenters. The molecule has 5 nitrogen and oxygen atoms in total. The van der Waals surface area contributed by atoms with Gasteiger partial charge in [-0.1, -0.05) is 12.1 Å². The van der Waals surface area contributed by atoms with Crippen LogP contribution in [0.25, 0.3) is 0 Å². The fourth-order valence-electron chi connectivity index (χ4n) is 1.65. The molecule has 0 aliphatic heterocycles. The first-order valence-electron chi connectivity index (χ1n) is 5.75. The molecule has 2 aromatic rings. The lowest BCUT2D eigenvalue weighted by Crippen LogP contribution is -2.23. The number of aromatic nitrogens is 1. The monoisotopic (exact) mass is 258 g/mol. The zero-order chi connectivity index (χ0) is 13.7. The number of methoxy groups -OCH3 is 1. The highest BCUT2D eigenvalue weighted by Gasteiger charge is 2.14. The maximum atomic E-state index is 12.0. The SMILES string of the molecule is COc1cccc(C(=O)NCc2cccnc2)c1O. The summed E-state index contributed by atoms with van der Waals surface area (Å²) in [4.78, 5) is 15.9. The number of hydrogen-bond donors (Lipinski definition) is 2. The first kappa shape index (κ1) is 12.9. The van der Waals surface area contributed by atoms with Gasteiger partial charge in [0.1, 0.15) is 0 Å². The summed E-state index contributed by atoms with van der Waals surface area (Å²) in [5, 5.41) is 12.6. The van der Waals surface area contributed by atoms with Crippen LogP contribution in [0.2, 0.25) is 0 Å². The molecule has 0 atom stereocenters. The molecule has 5 heteroatoms. The van der Waals surface area contributed by atoms with E-state index in [4.69, 9.17) is 4.74 Å². The average molecular weight is 258 g/mol. The fraction of sp³-hybridized carbons (Fsp3) is 0.143. The first-order chi connectivity index (χ1) is 9.22. The van der Waals surface area contributed by atoms with Crippen LogP contribution in [0.15, 0.2) is 42.7 Å². The van der Waals surface area contributed by atoms with E-state index in [2.05, 4.69) is 10.3 Å². The van der Waals surface area contributed by atoms with Gasteiger partial charge < -0.3 is 15.2 Å². The van der Waals surface area contributed by atoms with Gasteiger partial charge in [-0.25, -0.2) is 0 Å². The lowest BCUT2D eigenvalue weighted by molar-refractivity contribution is 0.0947. The Morgan fingerprint density at radius 1 is 1.37 bits per heavy atom. The van der Waals surface area contributed by atoms with Crippen molar-refractivity contribution >= 4 is 5.91 Å². The Balaban J connectivity index is 2.08. The van der Waals surface area contributed by atoms with E-state index in [0.29, 0.717) is 6.54 Å². The molecule has 0 radical (unpaired) electrons. The van der Waals surface area contributed by atoms with Gasteiger partial charge in [0, 0.05) is 18.9 Å². The summed E-state index contributed by atoms with van der Waals surface area (Å²) in [5.74, 6) is -0.247. The number of para-hydroxylation sites is 1. The third-order valence-corrected chi connectivity index (χ3v) is 2.64. The van der Waals surface area contributed by atoms with Gasteiger partial charge in [-0.2, -0.15) is 0 Å². The lowest BCUT2D eigenvalue weighted by Gasteiger charge is -2.09. The maximum absolute atomic E-state index is 12.0. The highest BCUT2D eigenvalue weighted by molar-refractivity contribution is 5.97. The van der Waals surface area contributed by atoms with E-state index >= 15 is 0 Å². The number of nitrogens with one attached hydrogen (secondary N) is 1. The number of carbonyl (C=O) groups is 1. The second-order valence-electron chi connectivity index (χ2n) is 3.90. The van der Waals surface area contributed by atoms with Crippen LogP contribution in [-0.4, -0.2) is 23.1 Å². The summed E-state index contributed by atoms with van der Waals surface area (Å²) in [6, 6.07) is 8.43. The molecule has 1 amide bonds. The molecular formula is C14H14N2O3. The van der Waals surface area contributed by atoms with E-state index in [1.165, 1.54) is 13.2 Å². The molecule has 2 rings (SSSR count). The third kappa shape index (κ3) is 3.01. The number of phenolic OH excluding ortho intramolecular Hbond substituents is 1. The molecule has 98 valence electrons. The second-order valence-corrected chi connectivity index (χ2v) is 3.90. The van der Waals surface area contributed by atoms with Crippen molar-refractivity contribution in [3.05, 3.63) is 53.9 Å². The molecule has 0 spiro atoms. The van der Waals surface area contributed by atoms with Gasteiger partial charge in [0.25, 0.3) is 5.91 Å². The van der Waals surface area contributed by atoms with Crippen molar-refractivity contribution in [2.24, 2.45) is 0 Å². The van der Waals surface area contributed by atoms with Crippen molar-refractivity contribution < 1.29 is 14.6 Å². The van der Waals surface area contributed by atoms with E-state index in [9.17, 15) is 9.90 Å². The predicted molar refractivity (Wildman–Crippen MR) is 70.1 cm³/mol. The first-order valence-corrected chi connectivity index (χ1v) is 5.75. The summed E-state index contributed by atoms with van der Waals surface area (Å²) < 4.78 is 4.96. The fourth-order valence-corrected chi connectivity index (χ4v) is 1.65. The highest BCUT2D eigenvalue weighted by atomic mass is 16.5. The van der Waals surface area contributed by atoms with Gasteiger partial charge in [-0.05, 0) is 23.8 Å². The minimum Gasteiger partial charge on any atom is -0.504 e. The Kier molecular flexibility index (Phi) is 3.97. The van der Waals surface area contributed by atoms with Crippen LogP contribution in [0, 0.1) is 0 Å². The zero-order valence-electron chi connectivity index (χ0n) is 10.5. The number of amides is 1. The third-order valence-electron chi connectivity index (χ3n) is 2.64. The summed E-state index contributed by atoms with van der Waals surface area (Å²) >= 11 is 0. The minimum atomic E-state index is -0.361. The summed E-state index contributed by atoms with van der Waals surface area (Å²) in [5.41, 5.74) is 1.07. The number of nitrogens with zero attached hydrogens (tertiary/aromatic N) is 1.